The van der Waals surface area contributed by atoms with Crippen LogP contribution in [0.2, 0.25) is 0 Å². The van der Waals surface area contributed by atoms with Crippen LogP contribution in [0.5, 0.6) is 0 Å². The van der Waals surface area contributed by atoms with E-state index in [1.165, 1.54) is 0 Å². The van der Waals surface area contributed by atoms with Gasteiger partial charge in [0.1, 0.15) is 6.61 Å². The quantitative estimate of drug-likeness (QED) is 0.776. The van der Waals surface area contributed by atoms with Crippen molar-refractivity contribution in [2.75, 3.05) is 16.8 Å². The Morgan fingerprint density at radius 2 is 2.19 bits per heavy atom. The molecule has 1 N–H and O–H groups in total. The third-order valence-corrected chi connectivity index (χ3v) is 4.58. The van der Waals surface area contributed by atoms with E-state index in [1.54, 1.807) is 17.3 Å². The van der Waals surface area contributed by atoms with Crippen LogP contribution in [0.3, 0.4) is 0 Å². The Balaban J connectivity index is 1.67. The van der Waals surface area contributed by atoms with Crippen molar-refractivity contribution >= 4 is 34.3 Å². The van der Waals surface area contributed by atoms with Crippen molar-refractivity contribution in [3.05, 3.63) is 36.3 Å². The standard InChI is InChI=1S/C18H20N6O2/c1-4-23-12(3)16(9-20-23)22-17-19-8-13-5-6-14(7-15(13)21-17)24-11(2)10-26-18(24)25/h5-9,11H,4,10H2,1-3H3,(H,19,21,22)/t11-/m0/s1. The molecule has 26 heavy (non-hydrogen) atoms. The Morgan fingerprint density at radius 1 is 1.35 bits per heavy atom. The molecule has 0 bridgehead atoms. The van der Waals surface area contributed by atoms with E-state index in [2.05, 4.69) is 20.4 Å². The number of carbonyl (C=O) groups excluding carboxylic acids is 1. The second kappa shape index (κ2) is 6.29. The van der Waals surface area contributed by atoms with Crippen LogP contribution in [0.25, 0.3) is 10.9 Å². The highest BCUT2D eigenvalue weighted by Crippen LogP contribution is 2.27. The number of fused-ring (bicyclic) bond motifs is 1. The van der Waals surface area contributed by atoms with Crippen LogP contribution in [0.15, 0.2) is 30.6 Å². The fourth-order valence-electron chi connectivity index (χ4n) is 3.11. The highest BCUT2D eigenvalue weighted by atomic mass is 16.6. The SMILES string of the molecule is CCn1ncc(Nc2ncc3ccc(N4C(=O)OC[C@@H]4C)cc3n2)c1C. The Hall–Kier alpha value is -3.16. The lowest BCUT2D eigenvalue weighted by molar-refractivity contribution is 0.179. The monoisotopic (exact) mass is 352 g/mol. The van der Waals surface area contributed by atoms with Gasteiger partial charge in [0.2, 0.25) is 5.95 Å². The zero-order valence-corrected chi connectivity index (χ0v) is 14.9. The molecule has 3 aromatic rings. The van der Waals surface area contributed by atoms with Crippen LogP contribution in [-0.2, 0) is 11.3 Å². The minimum atomic E-state index is -0.327. The van der Waals surface area contributed by atoms with E-state index < -0.39 is 0 Å². The predicted molar refractivity (Wildman–Crippen MR) is 98.7 cm³/mol. The van der Waals surface area contributed by atoms with Crippen LogP contribution in [0, 0.1) is 6.92 Å². The van der Waals surface area contributed by atoms with E-state index in [-0.39, 0.29) is 12.1 Å². The molecular formula is C18H20N6O2. The Kier molecular flexibility index (Phi) is 3.95. The number of amides is 1. The number of carbonyl (C=O) groups is 1. The van der Waals surface area contributed by atoms with E-state index in [0.717, 1.165) is 34.5 Å². The van der Waals surface area contributed by atoms with Gasteiger partial charge in [0, 0.05) is 23.8 Å². The summed E-state index contributed by atoms with van der Waals surface area (Å²) in [6.45, 7) is 7.20. The molecule has 1 atom stereocenters. The van der Waals surface area contributed by atoms with Crippen LogP contribution in [-0.4, -0.2) is 38.5 Å². The minimum Gasteiger partial charge on any atom is -0.447 e. The molecule has 0 aliphatic carbocycles. The van der Waals surface area contributed by atoms with Gasteiger partial charge in [-0.05, 0) is 39.0 Å². The van der Waals surface area contributed by atoms with Gasteiger partial charge in [-0.25, -0.2) is 14.8 Å². The highest BCUT2D eigenvalue weighted by Gasteiger charge is 2.30. The zero-order chi connectivity index (χ0) is 18.3. The van der Waals surface area contributed by atoms with Crippen LogP contribution < -0.4 is 10.2 Å². The van der Waals surface area contributed by atoms with E-state index in [9.17, 15) is 4.79 Å². The fourth-order valence-corrected chi connectivity index (χ4v) is 3.11. The van der Waals surface area contributed by atoms with Crippen LogP contribution in [0.1, 0.15) is 19.5 Å². The van der Waals surface area contributed by atoms with Crippen LogP contribution >= 0.6 is 0 Å². The molecule has 8 nitrogen and oxygen atoms in total. The molecule has 8 heteroatoms. The number of aryl methyl sites for hydroxylation is 1. The number of rotatable bonds is 4. The molecule has 0 unspecified atom stereocenters. The number of aromatic nitrogens is 4. The summed E-state index contributed by atoms with van der Waals surface area (Å²) in [5.41, 5.74) is 3.43. The third-order valence-electron chi connectivity index (χ3n) is 4.58. The summed E-state index contributed by atoms with van der Waals surface area (Å²) in [5.74, 6) is 0.491. The van der Waals surface area contributed by atoms with Gasteiger partial charge in [-0.15, -0.1) is 0 Å². The normalized spacial score (nSPS) is 17.0. The second-order valence-electron chi connectivity index (χ2n) is 6.32. The van der Waals surface area contributed by atoms with E-state index >= 15 is 0 Å². The van der Waals surface area contributed by atoms with Crippen LogP contribution in [0.4, 0.5) is 22.1 Å². The summed E-state index contributed by atoms with van der Waals surface area (Å²) in [6, 6.07) is 5.68. The number of benzene rings is 1. The molecule has 1 fully saturated rings. The van der Waals surface area contributed by atoms with Crippen molar-refractivity contribution < 1.29 is 9.53 Å². The second-order valence-corrected chi connectivity index (χ2v) is 6.32. The fraction of sp³-hybridized carbons (Fsp3) is 0.333. The Morgan fingerprint density at radius 3 is 2.88 bits per heavy atom. The first-order valence-electron chi connectivity index (χ1n) is 8.59. The summed E-state index contributed by atoms with van der Waals surface area (Å²) in [4.78, 5) is 22.6. The molecule has 1 amide bonds. The van der Waals surface area contributed by atoms with Gasteiger partial charge in [-0.3, -0.25) is 9.58 Å². The van der Waals surface area contributed by atoms with Gasteiger partial charge >= 0.3 is 6.09 Å². The molecule has 0 spiro atoms. The van der Waals surface area contributed by atoms with Crippen molar-refractivity contribution in [2.45, 2.75) is 33.4 Å². The number of cyclic esters (lactones) is 1. The van der Waals surface area contributed by atoms with Crippen molar-refractivity contribution in [2.24, 2.45) is 0 Å². The van der Waals surface area contributed by atoms with Gasteiger partial charge in [-0.2, -0.15) is 5.10 Å². The predicted octanol–water partition coefficient (Wildman–Crippen LogP) is 3.24. The lowest BCUT2D eigenvalue weighted by atomic mass is 10.2. The molecule has 1 aliphatic rings. The average Bonchev–Trinajstić information content (AvgIpc) is 3.16. The Bertz CT molecular complexity index is 983. The summed E-state index contributed by atoms with van der Waals surface area (Å²) in [6.07, 6.45) is 3.21. The number of ether oxygens (including phenoxy) is 1. The number of hydrogen-bond donors (Lipinski definition) is 1. The van der Waals surface area contributed by atoms with Gasteiger partial charge in [0.05, 0.1) is 29.1 Å². The average molecular weight is 352 g/mol. The zero-order valence-electron chi connectivity index (χ0n) is 14.9. The molecule has 134 valence electrons. The van der Waals surface area contributed by atoms with Crippen molar-refractivity contribution in [1.82, 2.24) is 19.7 Å². The van der Waals surface area contributed by atoms with E-state index in [4.69, 9.17) is 4.74 Å². The first-order chi connectivity index (χ1) is 12.6. The number of anilines is 3. The maximum absolute atomic E-state index is 11.9. The lowest BCUT2D eigenvalue weighted by Gasteiger charge is -2.18. The maximum atomic E-state index is 11.9. The number of nitrogens with zero attached hydrogens (tertiary/aromatic N) is 5. The van der Waals surface area contributed by atoms with Crippen molar-refractivity contribution in [3.63, 3.8) is 0 Å². The highest BCUT2D eigenvalue weighted by molar-refractivity contribution is 5.93. The van der Waals surface area contributed by atoms with Crippen molar-refractivity contribution in [3.8, 4) is 0 Å². The maximum Gasteiger partial charge on any atom is 0.414 e. The summed E-state index contributed by atoms with van der Waals surface area (Å²) in [7, 11) is 0. The molecule has 1 saturated heterocycles. The summed E-state index contributed by atoms with van der Waals surface area (Å²) >= 11 is 0. The largest absolute Gasteiger partial charge is 0.447 e. The molecule has 1 aliphatic heterocycles. The molecule has 1 aromatic carbocycles. The molecular weight excluding hydrogens is 332 g/mol. The minimum absolute atomic E-state index is 0.00177. The van der Waals surface area contributed by atoms with Gasteiger partial charge in [0.15, 0.2) is 0 Å². The molecule has 2 aromatic heterocycles. The number of nitrogens with one attached hydrogen (secondary N) is 1. The van der Waals surface area contributed by atoms with E-state index in [1.807, 2.05) is 43.7 Å². The van der Waals surface area contributed by atoms with Crippen molar-refractivity contribution in [1.29, 1.82) is 0 Å². The smallest absolute Gasteiger partial charge is 0.414 e. The molecule has 0 radical (unpaired) electrons. The first kappa shape index (κ1) is 16.3. The number of hydrogen-bond acceptors (Lipinski definition) is 6. The summed E-state index contributed by atoms with van der Waals surface area (Å²) in [5, 5.41) is 8.43. The Labute approximate surface area is 150 Å². The third kappa shape index (κ3) is 2.73. The lowest BCUT2D eigenvalue weighted by Crippen LogP contribution is -2.30. The topological polar surface area (TPSA) is 85.2 Å². The molecule has 3 heterocycles. The first-order valence-corrected chi connectivity index (χ1v) is 8.59. The van der Waals surface area contributed by atoms with Gasteiger partial charge in [-0.1, -0.05) is 0 Å². The van der Waals surface area contributed by atoms with E-state index in [0.29, 0.717) is 12.6 Å². The molecule has 0 saturated carbocycles. The molecule has 4 rings (SSSR count). The summed E-state index contributed by atoms with van der Waals surface area (Å²) < 4.78 is 7.01. The van der Waals surface area contributed by atoms with Gasteiger partial charge < -0.3 is 10.1 Å². The van der Waals surface area contributed by atoms with Gasteiger partial charge in [0.25, 0.3) is 0 Å².